The second kappa shape index (κ2) is 6.43. The Bertz CT molecular complexity index is 341. The van der Waals surface area contributed by atoms with Crippen molar-refractivity contribution in [3.8, 4) is 11.5 Å². The van der Waals surface area contributed by atoms with Crippen molar-refractivity contribution >= 4 is 17.5 Å². The molecule has 0 radical (unpaired) electrons. The van der Waals surface area contributed by atoms with Crippen LogP contribution in [0.25, 0.3) is 0 Å². The fraction of sp³-hybridized carbons (Fsp3) is 0.417. The van der Waals surface area contributed by atoms with Gasteiger partial charge >= 0.3 is 0 Å². The van der Waals surface area contributed by atoms with Gasteiger partial charge in [0.2, 0.25) is 0 Å². The summed E-state index contributed by atoms with van der Waals surface area (Å²) in [4.78, 5) is 12.0. The lowest BCUT2D eigenvalue weighted by molar-refractivity contribution is 0.0983. The Hall–Kier alpha value is -1.16. The standard InChI is InChI=1S/C12H16O3S/c1-14-10-5-4-6-11(15-2)12(10)9(13)7-8-16-3/h4-6H,7-8H2,1-3H3. The van der Waals surface area contributed by atoms with Gasteiger partial charge in [0.05, 0.1) is 14.2 Å². The molecule has 0 N–H and O–H groups in total. The number of hydrogen-bond donors (Lipinski definition) is 0. The van der Waals surface area contributed by atoms with E-state index in [4.69, 9.17) is 9.47 Å². The van der Waals surface area contributed by atoms with E-state index in [-0.39, 0.29) is 5.78 Å². The van der Waals surface area contributed by atoms with Crippen molar-refractivity contribution in [3.05, 3.63) is 23.8 Å². The van der Waals surface area contributed by atoms with Gasteiger partial charge < -0.3 is 9.47 Å². The van der Waals surface area contributed by atoms with Crippen LogP contribution in [0.2, 0.25) is 0 Å². The summed E-state index contributed by atoms with van der Waals surface area (Å²) in [5.41, 5.74) is 0.543. The topological polar surface area (TPSA) is 35.5 Å². The van der Waals surface area contributed by atoms with Gasteiger partial charge in [0.1, 0.15) is 17.1 Å². The number of ketones is 1. The molecule has 0 aromatic heterocycles. The monoisotopic (exact) mass is 240 g/mol. The van der Waals surface area contributed by atoms with Crippen molar-refractivity contribution < 1.29 is 14.3 Å². The van der Waals surface area contributed by atoms with Crippen molar-refractivity contribution in [2.45, 2.75) is 6.42 Å². The second-order valence-electron chi connectivity index (χ2n) is 3.20. The van der Waals surface area contributed by atoms with Crippen LogP contribution in [-0.2, 0) is 0 Å². The van der Waals surface area contributed by atoms with Crippen molar-refractivity contribution in [2.75, 3.05) is 26.2 Å². The van der Waals surface area contributed by atoms with E-state index in [1.807, 2.05) is 12.3 Å². The van der Waals surface area contributed by atoms with Gasteiger partial charge in [0.25, 0.3) is 0 Å². The number of carbonyl (C=O) groups excluding carboxylic acids is 1. The van der Waals surface area contributed by atoms with Crippen LogP contribution in [0.1, 0.15) is 16.8 Å². The van der Waals surface area contributed by atoms with Crippen LogP contribution in [0.5, 0.6) is 11.5 Å². The molecule has 4 heteroatoms. The second-order valence-corrected chi connectivity index (χ2v) is 4.19. The van der Waals surface area contributed by atoms with Crippen molar-refractivity contribution in [1.29, 1.82) is 0 Å². The maximum atomic E-state index is 12.0. The molecule has 0 aliphatic heterocycles. The van der Waals surface area contributed by atoms with Gasteiger partial charge in [0, 0.05) is 12.2 Å². The summed E-state index contributed by atoms with van der Waals surface area (Å²) in [6.45, 7) is 0. The first-order chi connectivity index (χ1) is 7.74. The molecule has 0 aliphatic carbocycles. The molecule has 0 unspecified atom stereocenters. The molecule has 1 aromatic rings. The molecule has 88 valence electrons. The lowest BCUT2D eigenvalue weighted by Gasteiger charge is -2.11. The SMILES string of the molecule is COc1cccc(OC)c1C(=O)CCSC. The van der Waals surface area contributed by atoms with Crippen LogP contribution >= 0.6 is 11.8 Å². The highest BCUT2D eigenvalue weighted by Crippen LogP contribution is 2.29. The molecule has 3 nitrogen and oxygen atoms in total. The summed E-state index contributed by atoms with van der Waals surface area (Å²) >= 11 is 1.65. The zero-order valence-electron chi connectivity index (χ0n) is 9.78. The predicted molar refractivity (Wildman–Crippen MR) is 66.9 cm³/mol. The zero-order chi connectivity index (χ0) is 12.0. The van der Waals surface area contributed by atoms with E-state index in [2.05, 4.69) is 0 Å². The molecule has 0 amide bonds. The van der Waals surface area contributed by atoms with Gasteiger partial charge in [0.15, 0.2) is 5.78 Å². The van der Waals surface area contributed by atoms with E-state index >= 15 is 0 Å². The Morgan fingerprint density at radius 1 is 1.25 bits per heavy atom. The van der Waals surface area contributed by atoms with Gasteiger partial charge in [-0.2, -0.15) is 11.8 Å². The van der Waals surface area contributed by atoms with Crippen LogP contribution < -0.4 is 9.47 Å². The quantitative estimate of drug-likeness (QED) is 0.716. The van der Waals surface area contributed by atoms with E-state index in [0.717, 1.165) is 5.75 Å². The minimum atomic E-state index is 0.0589. The van der Waals surface area contributed by atoms with Gasteiger partial charge in [-0.05, 0) is 18.4 Å². The molecule has 16 heavy (non-hydrogen) atoms. The molecule has 0 bridgehead atoms. The van der Waals surface area contributed by atoms with Crippen LogP contribution in [0.3, 0.4) is 0 Å². The fourth-order valence-corrected chi connectivity index (χ4v) is 1.84. The van der Waals surface area contributed by atoms with Gasteiger partial charge in [-0.15, -0.1) is 0 Å². The van der Waals surface area contributed by atoms with E-state index in [1.165, 1.54) is 0 Å². The summed E-state index contributed by atoms with van der Waals surface area (Å²) in [7, 11) is 3.11. The third kappa shape index (κ3) is 2.92. The number of methoxy groups -OCH3 is 2. The smallest absolute Gasteiger partial charge is 0.171 e. The summed E-state index contributed by atoms with van der Waals surface area (Å²) in [5.74, 6) is 2.01. The van der Waals surface area contributed by atoms with Crippen LogP contribution in [0.4, 0.5) is 0 Å². The highest BCUT2D eigenvalue weighted by atomic mass is 32.2. The molecule has 0 spiro atoms. The first kappa shape index (κ1) is 12.9. The molecule has 0 heterocycles. The highest BCUT2D eigenvalue weighted by Gasteiger charge is 2.17. The average Bonchev–Trinajstić information content (AvgIpc) is 2.34. The first-order valence-electron chi connectivity index (χ1n) is 4.97. The Kier molecular flexibility index (Phi) is 5.19. The minimum absolute atomic E-state index is 0.0589. The largest absolute Gasteiger partial charge is 0.496 e. The lowest BCUT2D eigenvalue weighted by Crippen LogP contribution is -2.05. The third-order valence-corrected chi connectivity index (χ3v) is 2.85. The maximum Gasteiger partial charge on any atom is 0.171 e. The Morgan fingerprint density at radius 2 is 1.81 bits per heavy atom. The molecule has 0 saturated carbocycles. The van der Waals surface area contributed by atoms with E-state index in [0.29, 0.717) is 23.5 Å². The van der Waals surface area contributed by atoms with E-state index < -0.39 is 0 Å². The van der Waals surface area contributed by atoms with Crippen molar-refractivity contribution in [3.63, 3.8) is 0 Å². The van der Waals surface area contributed by atoms with Crippen LogP contribution in [-0.4, -0.2) is 32.0 Å². The van der Waals surface area contributed by atoms with E-state index in [1.54, 1.807) is 38.1 Å². The van der Waals surface area contributed by atoms with Crippen molar-refractivity contribution in [2.24, 2.45) is 0 Å². The normalized spacial score (nSPS) is 9.94. The maximum absolute atomic E-state index is 12.0. The van der Waals surface area contributed by atoms with Crippen LogP contribution in [0.15, 0.2) is 18.2 Å². The average molecular weight is 240 g/mol. The fourth-order valence-electron chi connectivity index (χ4n) is 1.45. The number of hydrogen-bond acceptors (Lipinski definition) is 4. The van der Waals surface area contributed by atoms with Crippen LogP contribution in [0, 0.1) is 0 Å². The first-order valence-corrected chi connectivity index (χ1v) is 6.37. The molecule has 0 aliphatic rings. The Morgan fingerprint density at radius 3 is 2.25 bits per heavy atom. The summed E-state index contributed by atoms with van der Waals surface area (Å²) in [6.07, 6.45) is 2.48. The van der Waals surface area contributed by atoms with E-state index in [9.17, 15) is 4.79 Å². The number of carbonyl (C=O) groups is 1. The summed E-state index contributed by atoms with van der Waals surface area (Å²) in [6, 6.07) is 5.35. The molecule has 0 fully saturated rings. The number of Topliss-reactive ketones (excluding diaryl/α,β-unsaturated/α-hetero) is 1. The third-order valence-electron chi connectivity index (χ3n) is 2.24. The molecule has 1 aromatic carbocycles. The Balaban J connectivity index is 3.03. The van der Waals surface area contributed by atoms with Gasteiger partial charge in [-0.25, -0.2) is 0 Å². The number of benzene rings is 1. The predicted octanol–water partition coefficient (Wildman–Crippen LogP) is 2.64. The molecular formula is C12H16O3S. The van der Waals surface area contributed by atoms with Crippen molar-refractivity contribution in [1.82, 2.24) is 0 Å². The number of ether oxygens (including phenoxy) is 2. The molecule has 0 atom stereocenters. The minimum Gasteiger partial charge on any atom is -0.496 e. The summed E-state index contributed by atoms with van der Waals surface area (Å²) < 4.78 is 10.4. The number of thioether (sulfide) groups is 1. The summed E-state index contributed by atoms with van der Waals surface area (Å²) in [5, 5.41) is 0. The lowest BCUT2D eigenvalue weighted by atomic mass is 10.1. The van der Waals surface area contributed by atoms with Gasteiger partial charge in [-0.1, -0.05) is 6.07 Å². The number of rotatable bonds is 6. The molecule has 1 rings (SSSR count). The molecule has 0 saturated heterocycles. The zero-order valence-corrected chi connectivity index (χ0v) is 10.6. The molecular weight excluding hydrogens is 224 g/mol. The Labute approximate surface area is 100 Å². The van der Waals surface area contributed by atoms with Gasteiger partial charge in [-0.3, -0.25) is 4.79 Å². The highest BCUT2D eigenvalue weighted by molar-refractivity contribution is 7.98.